The number of aryl methyl sites for hydroxylation is 1. The van der Waals surface area contributed by atoms with E-state index in [1.807, 2.05) is 11.7 Å². The maximum absolute atomic E-state index is 11.0. The van der Waals surface area contributed by atoms with Crippen molar-refractivity contribution in [2.45, 2.75) is 25.3 Å². The third kappa shape index (κ3) is 2.50. The van der Waals surface area contributed by atoms with Crippen molar-refractivity contribution < 1.29 is 4.79 Å². The number of rotatable bonds is 4. The SMILES string of the molecule is Cn1nc(C2CC2)cc1CNC(=O)CCl. The van der Waals surface area contributed by atoms with Gasteiger partial charge < -0.3 is 5.32 Å². The summed E-state index contributed by atoms with van der Waals surface area (Å²) in [6.07, 6.45) is 2.48. The quantitative estimate of drug-likeness (QED) is 0.785. The molecule has 0 spiro atoms. The molecule has 15 heavy (non-hydrogen) atoms. The molecular weight excluding hydrogens is 214 g/mol. The van der Waals surface area contributed by atoms with E-state index in [9.17, 15) is 4.79 Å². The molecule has 0 aromatic carbocycles. The lowest BCUT2D eigenvalue weighted by Gasteiger charge is -2.02. The molecule has 1 aromatic heterocycles. The number of alkyl halides is 1. The van der Waals surface area contributed by atoms with Crippen LogP contribution in [0.15, 0.2) is 6.07 Å². The molecule has 5 heteroatoms. The fraction of sp³-hybridized carbons (Fsp3) is 0.600. The zero-order valence-corrected chi connectivity index (χ0v) is 9.42. The van der Waals surface area contributed by atoms with E-state index in [4.69, 9.17) is 11.6 Å². The lowest BCUT2D eigenvalue weighted by molar-refractivity contribution is -0.118. The van der Waals surface area contributed by atoms with Crippen LogP contribution in [-0.2, 0) is 18.4 Å². The van der Waals surface area contributed by atoms with Gasteiger partial charge in [0.05, 0.1) is 17.9 Å². The van der Waals surface area contributed by atoms with Crippen molar-refractivity contribution in [1.29, 1.82) is 0 Å². The van der Waals surface area contributed by atoms with E-state index < -0.39 is 0 Å². The van der Waals surface area contributed by atoms with Crippen molar-refractivity contribution in [3.63, 3.8) is 0 Å². The zero-order chi connectivity index (χ0) is 10.8. The summed E-state index contributed by atoms with van der Waals surface area (Å²) in [5.74, 6) is 0.507. The number of amides is 1. The summed E-state index contributed by atoms with van der Waals surface area (Å²) in [7, 11) is 1.90. The third-order valence-corrected chi connectivity index (χ3v) is 2.82. The van der Waals surface area contributed by atoms with Crippen LogP contribution in [-0.4, -0.2) is 21.6 Å². The Balaban J connectivity index is 1.98. The Bertz CT molecular complexity index is 371. The standard InChI is InChI=1S/C10H14ClN3O/c1-14-8(6-12-10(15)5-11)4-9(13-14)7-2-3-7/h4,7H,2-3,5-6H2,1H3,(H,12,15). The Morgan fingerprint density at radius 3 is 3.07 bits per heavy atom. The molecule has 0 radical (unpaired) electrons. The van der Waals surface area contributed by atoms with E-state index in [2.05, 4.69) is 16.5 Å². The van der Waals surface area contributed by atoms with Gasteiger partial charge in [-0.3, -0.25) is 9.48 Å². The normalized spacial score (nSPS) is 15.3. The van der Waals surface area contributed by atoms with E-state index in [-0.39, 0.29) is 11.8 Å². The van der Waals surface area contributed by atoms with Crippen molar-refractivity contribution in [1.82, 2.24) is 15.1 Å². The number of carbonyl (C=O) groups is 1. The van der Waals surface area contributed by atoms with Crippen LogP contribution >= 0.6 is 11.6 Å². The first kappa shape index (κ1) is 10.5. The summed E-state index contributed by atoms with van der Waals surface area (Å²) in [5, 5.41) is 7.14. The molecule has 82 valence electrons. The number of halogens is 1. The monoisotopic (exact) mass is 227 g/mol. The number of hydrogen-bond acceptors (Lipinski definition) is 2. The van der Waals surface area contributed by atoms with Crippen LogP contribution in [0.3, 0.4) is 0 Å². The summed E-state index contributed by atoms with van der Waals surface area (Å²) in [4.78, 5) is 11.0. The topological polar surface area (TPSA) is 46.9 Å². The molecule has 0 bridgehead atoms. The highest BCUT2D eigenvalue weighted by atomic mass is 35.5. The van der Waals surface area contributed by atoms with Crippen LogP contribution in [0.25, 0.3) is 0 Å². The van der Waals surface area contributed by atoms with Gasteiger partial charge in [-0.2, -0.15) is 5.10 Å². The van der Waals surface area contributed by atoms with Gasteiger partial charge in [0.25, 0.3) is 0 Å². The Morgan fingerprint density at radius 1 is 1.73 bits per heavy atom. The number of nitrogens with one attached hydrogen (secondary N) is 1. The molecule has 0 saturated heterocycles. The van der Waals surface area contributed by atoms with Crippen molar-refractivity contribution in [2.24, 2.45) is 7.05 Å². The second-order valence-corrected chi connectivity index (χ2v) is 4.14. The number of hydrogen-bond donors (Lipinski definition) is 1. The molecule has 1 aliphatic rings. The first-order valence-electron chi connectivity index (χ1n) is 5.06. The van der Waals surface area contributed by atoms with Crippen LogP contribution in [0, 0.1) is 0 Å². The van der Waals surface area contributed by atoms with Crippen LogP contribution in [0.2, 0.25) is 0 Å². The molecule has 1 heterocycles. The van der Waals surface area contributed by atoms with Crippen molar-refractivity contribution in [2.75, 3.05) is 5.88 Å². The molecule has 0 atom stereocenters. The highest BCUT2D eigenvalue weighted by molar-refractivity contribution is 6.27. The highest BCUT2D eigenvalue weighted by Crippen LogP contribution is 2.39. The fourth-order valence-electron chi connectivity index (χ4n) is 1.51. The van der Waals surface area contributed by atoms with Crippen molar-refractivity contribution >= 4 is 17.5 Å². The van der Waals surface area contributed by atoms with Gasteiger partial charge >= 0.3 is 0 Å². The highest BCUT2D eigenvalue weighted by Gasteiger charge is 2.26. The fourth-order valence-corrected chi connectivity index (χ4v) is 1.61. The molecule has 1 fully saturated rings. The molecule has 0 unspecified atom stereocenters. The summed E-state index contributed by atoms with van der Waals surface area (Å²) >= 11 is 5.39. The minimum Gasteiger partial charge on any atom is -0.349 e. The third-order valence-electron chi connectivity index (χ3n) is 2.58. The number of carbonyl (C=O) groups excluding carboxylic acids is 1. The number of aromatic nitrogens is 2. The van der Waals surface area contributed by atoms with Gasteiger partial charge in [-0.1, -0.05) is 0 Å². The summed E-state index contributed by atoms with van der Waals surface area (Å²) in [5.41, 5.74) is 2.17. The van der Waals surface area contributed by atoms with Crippen molar-refractivity contribution in [3.05, 3.63) is 17.5 Å². The van der Waals surface area contributed by atoms with E-state index in [1.54, 1.807) is 0 Å². The van der Waals surface area contributed by atoms with Gasteiger partial charge in [0.15, 0.2) is 0 Å². The number of nitrogens with zero attached hydrogens (tertiary/aromatic N) is 2. The largest absolute Gasteiger partial charge is 0.349 e. The first-order valence-corrected chi connectivity index (χ1v) is 5.59. The summed E-state index contributed by atoms with van der Waals surface area (Å²) < 4.78 is 1.82. The Labute approximate surface area is 93.6 Å². The van der Waals surface area contributed by atoms with Crippen LogP contribution < -0.4 is 5.32 Å². The van der Waals surface area contributed by atoms with Gasteiger partial charge in [0.2, 0.25) is 5.91 Å². The van der Waals surface area contributed by atoms with Gasteiger partial charge in [-0.15, -0.1) is 11.6 Å². The maximum atomic E-state index is 11.0. The average molecular weight is 228 g/mol. The zero-order valence-electron chi connectivity index (χ0n) is 8.66. The van der Waals surface area contributed by atoms with Gasteiger partial charge in [0.1, 0.15) is 5.88 Å². The molecular formula is C10H14ClN3O. The maximum Gasteiger partial charge on any atom is 0.235 e. The smallest absolute Gasteiger partial charge is 0.235 e. The molecule has 1 saturated carbocycles. The van der Waals surface area contributed by atoms with Gasteiger partial charge in [0, 0.05) is 13.0 Å². The van der Waals surface area contributed by atoms with Crippen LogP contribution in [0.4, 0.5) is 0 Å². The summed E-state index contributed by atoms with van der Waals surface area (Å²) in [6, 6.07) is 2.06. The average Bonchev–Trinajstić information content (AvgIpc) is 3.00. The molecule has 1 aromatic rings. The second kappa shape index (κ2) is 4.23. The Morgan fingerprint density at radius 2 is 2.47 bits per heavy atom. The molecule has 2 rings (SSSR count). The van der Waals surface area contributed by atoms with Crippen LogP contribution in [0.1, 0.15) is 30.1 Å². The minimum atomic E-state index is -0.147. The van der Waals surface area contributed by atoms with Gasteiger partial charge in [-0.05, 0) is 18.9 Å². The van der Waals surface area contributed by atoms with Crippen molar-refractivity contribution in [3.8, 4) is 0 Å². The lowest BCUT2D eigenvalue weighted by atomic mass is 10.2. The van der Waals surface area contributed by atoms with Gasteiger partial charge in [-0.25, -0.2) is 0 Å². The molecule has 4 nitrogen and oxygen atoms in total. The van der Waals surface area contributed by atoms with E-state index in [0.29, 0.717) is 12.5 Å². The molecule has 0 aliphatic heterocycles. The second-order valence-electron chi connectivity index (χ2n) is 3.87. The van der Waals surface area contributed by atoms with E-state index in [0.717, 1.165) is 11.4 Å². The Hall–Kier alpha value is -1.03. The minimum absolute atomic E-state index is 0.00728. The summed E-state index contributed by atoms with van der Waals surface area (Å²) in [6.45, 7) is 0.502. The molecule has 1 aliphatic carbocycles. The lowest BCUT2D eigenvalue weighted by Crippen LogP contribution is -2.24. The molecule has 1 amide bonds. The van der Waals surface area contributed by atoms with E-state index >= 15 is 0 Å². The first-order chi connectivity index (χ1) is 7.20. The molecule has 1 N–H and O–H groups in total. The Kier molecular flexibility index (Phi) is 2.95. The predicted molar refractivity (Wildman–Crippen MR) is 57.7 cm³/mol. The van der Waals surface area contributed by atoms with E-state index in [1.165, 1.54) is 12.8 Å². The van der Waals surface area contributed by atoms with Crippen LogP contribution in [0.5, 0.6) is 0 Å². The predicted octanol–water partition coefficient (Wildman–Crippen LogP) is 1.15.